The van der Waals surface area contributed by atoms with Crippen LogP contribution < -0.4 is 0 Å². The number of hydrogen-bond acceptors (Lipinski definition) is 1. The molecule has 0 fully saturated rings. The summed E-state index contributed by atoms with van der Waals surface area (Å²) in [5.74, 6) is 0. The summed E-state index contributed by atoms with van der Waals surface area (Å²) >= 11 is 0. The highest BCUT2D eigenvalue weighted by molar-refractivity contribution is 6.22. The average molecular weight is 383 g/mol. The van der Waals surface area contributed by atoms with Crippen LogP contribution in [0.4, 0.5) is 0 Å². The van der Waals surface area contributed by atoms with Gasteiger partial charge in [0.25, 0.3) is 0 Å². The van der Waals surface area contributed by atoms with Crippen LogP contribution in [0.25, 0.3) is 65.6 Å². The number of aromatic nitrogens is 1. The number of nitrogens with one attached hydrogen (secondary N) is 1. The number of para-hydroxylation sites is 2. The van der Waals surface area contributed by atoms with E-state index in [2.05, 4.69) is 89.9 Å². The molecule has 0 radical (unpaired) electrons. The molecule has 0 atom stereocenters. The van der Waals surface area contributed by atoms with Crippen molar-refractivity contribution >= 4 is 54.5 Å². The summed E-state index contributed by atoms with van der Waals surface area (Å²) in [5.41, 5.74) is 6.60. The normalized spacial score (nSPS) is 12.0. The van der Waals surface area contributed by atoms with E-state index >= 15 is 0 Å². The molecule has 0 spiro atoms. The minimum Gasteiger partial charge on any atom is -0.456 e. The van der Waals surface area contributed by atoms with Crippen molar-refractivity contribution in [2.24, 2.45) is 0 Å². The predicted molar refractivity (Wildman–Crippen MR) is 126 cm³/mol. The maximum atomic E-state index is 6.02. The van der Waals surface area contributed by atoms with E-state index < -0.39 is 0 Å². The molecule has 1 N–H and O–H groups in total. The van der Waals surface area contributed by atoms with Crippen molar-refractivity contribution in [1.29, 1.82) is 0 Å². The first-order valence-corrected chi connectivity index (χ1v) is 10.2. The van der Waals surface area contributed by atoms with Gasteiger partial charge in [0, 0.05) is 32.6 Å². The molecule has 7 aromatic rings. The molecule has 5 aromatic carbocycles. The average Bonchev–Trinajstić information content (AvgIpc) is 3.37. The fourth-order valence-electron chi connectivity index (χ4n) is 4.83. The van der Waals surface area contributed by atoms with Crippen LogP contribution in [-0.2, 0) is 0 Å². The Morgan fingerprint density at radius 2 is 1.37 bits per heavy atom. The van der Waals surface area contributed by atoms with Gasteiger partial charge in [-0.2, -0.15) is 0 Å². The smallest absolute Gasteiger partial charge is 0.135 e. The summed E-state index contributed by atoms with van der Waals surface area (Å²) in [6.07, 6.45) is 0. The second kappa shape index (κ2) is 5.74. The minimum atomic E-state index is 0.926. The molecule has 0 aliphatic carbocycles. The molecule has 0 saturated carbocycles. The van der Waals surface area contributed by atoms with Crippen LogP contribution in [-0.4, -0.2) is 4.98 Å². The van der Waals surface area contributed by atoms with E-state index in [9.17, 15) is 0 Å². The lowest BCUT2D eigenvalue weighted by molar-refractivity contribution is 0.669. The summed E-state index contributed by atoms with van der Waals surface area (Å²) in [6.45, 7) is 0. The van der Waals surface area contributed by atoms with Crippen LogP contribution in [0.5, 0.6) is 0 Å². The highest BCUT2D eigenvalue weighted by Gasteiger charge is 2.13. The molecular weight excluding hydrogens is 366 g/mol. The number of benzene rings is 5. The third-order valence-corrected chi connectivity index (χ3v) is 6.21. The number of hydrogen-bond donors (Lipinski definition) is 1. The first-order valence-electron chi connectivity index (χ1n) is 10.2. The number of fused-ring (bicyclic) bond motifs is 8. The molecule has 2 aromatic heterocycles. The van der Waals surface area contributed by atoms with Crippen molar-refractivity contribution in [1.82, 2.24) is 4.98 Å². The Kier molecular flexibility index (Phi) is 3.03. The Morgan fingerprint density at radius 1 is 0.567 bits per heavy atom. The highest BCUT2D eigenvalue weighted by Crippen LogP contribution is 2.38. The molecule has 0 aliphatic rings. The summed E-state index contributed by atoms with van der Waals surface area (Å²) in [4.78, 5) is 3.69. The minimum absolute atomic E-state index is 0.926. The molecule has 0 bridgehead atoms. The Labute approximate surface area is 172 Å². The van der Waals surface area contributed by atoms with Crippen LogP contribution >= 0.6 is 0 Å². The standard InChI is InChI=1S/C28H17NO/c1-2-7-19-17(6-1)12-14-24-27(19)22-10-5-9-20(28(22)29-24)18-13-15-26-23(16-18)21-8-3-4-11-25(21)30-26/h1-16,29H. The second-order valence-corrected chi connectivity index (χ2v) is 7.87. The molecule has 2 nitrogen and oxygen atoms in total. The van der Waals surface area contributed by atoms with Gasteiger partial charge >= 0.3 is 0 Å². The first kappa shape index (κ1) is 15.8. The van der Waals surface area contributed by atoms with Crippen LogP contribution in [0.1, 0.15) is 0 Å². The molecule has 0 amide bonds. The van der Waals surface area contributed by atoms with Crippen LogP contribution in [0, 0.1) is 0 Å². The SMILES string of the molecule is c1ccc2c(c1)ccc1[nH]c3c(-c4ccc5oc6ccccc6c5c4)cccc3c12. The van der Waals surface area contributed by atoms with Crippen LogP contribution in [0.2, 0.25) is 0 Å². The number of rotatable bonds is 1. The molecular formula is C28H17NO. The number of aromatic amines is 1. The summed E-state index contributed by atoms with van der Waals surface area (Å²) < 4.78 is 6.02. The summed E-state index contributed by atoms with van der Waals surface area (Å²) in [5, 5.41) is 7.42. The van der Waals surface area contributed by atoms with Gasteiger partial charge in [0.05, 0.1) is 5.52 Å². The summed E-state index contributed by atoms with van der Waals surface area (Å²) in [6, 6.07) is 34.3. The van der Waals surface area contributed by atoms with E-state index in [1.54, 1.807) is 0 Å². The highest BCUT2D eigenvalue weighted by atomic mass is 16.3. The maximum Gasteiger partial charge on any atom is 0.135 e. The zero-order valence-electron chi connectivity index (χ0n) is 16.1. The molecule has 2 heterocycles. The molecule has 7 rings (SSSR count). The van der Waals surface area contributed by atoms with Crippen molar-refractivity contribution in [3.05, 3.63) is 97.1 Å². The Bertz CT molecular complexity index is 1750. The summed E-state index contributed by atoms with van der Waals surface area (Å²) in [7, 11) is 0. The first-order chi connectivity index (χ1) is 14.9. The molecule has 0 saturated heterocycles. The second-order valence-electron chi connectivity index (χ2n) is 7.87. The number of H-pyrrole nitrogens is 1. The fourth-order valence-corrected chi connectivity index (χ4v) is 4.83. The lowest BCUT2D eigenvalue weighted by Gasteiger charge is -2.04. The van der Waals surface area contributed by atoms with Crippen molar-refractivity contribution < 1.29 is 4.42 Å². The van der Waals surface area contributed by atoms with Gasteiger partial charge in [-0.15, -0.1) is 0 Å². The van der Waals surface area contributed by atoms with Gasteiger partial charge in [-0.1, -0.05) is 72.8 Å². The van der Waals surface area contributed by atoms with E-state index in [0.29, 0.717) is 0 Å². The molecule has 0 aliphatic heterocycles. The quantitative estimate of drug-likeness (QED) is 0.305. The van der Waals surface area contributed by atoms with Gasteiger partial charge in [-0.25, -0.2) is 0 Å². The largest absolute Gasteiger partial charge is 0.456 e. The van der Waals surface area contributed by atoms with Gasteiger partial charge in [0.15, 0.2) is 0 Å². The molecule has 2 heteroatoms. The van der Waals surface area contributed by atoms with E-state index in [0.717, 1.165) is 21.9 Å². The monoisotopic (exact) mass is 383 g/mol. The molecule has 0 unspecified atom stereocenters. The van der Waals surface area contributed by atoms with Crippen molar-refractivity contribution in [3.8, 4) is 11.1 Å². The molecule has 140 valence electrons. The van der Waals surface area contributed by atoms with Crippen LogP contribution in [0.15, 0.2) is 101 Å². The predicted octanol–water partition coefficient (Wildman–Crippen LogP) is 8.04. The third kappa shape index (κ3) is 2.08. The lowest BCUT2D eigenvalue weighted by Crippen LogP contribution is -1.80. The number of furan rings is 1. The Balaban J connectivity index is 1.56. The van der Waals surface area contributed by atoms with Gasteiger partial charge in [0.1, 0.15) is 11.2 Å². The van der Waals surface area contributed by atoms with Gasteiger partial charge in [0.2, 0.25) is 0 Å². The van der Waals surface area contributed by atoms with Crippen LogP contribution in [0.3, 0.4) is 0 Å². The van der Waals surface area contributed by atoms with Gasteiger partial charge < -0.3 is 9.40 Å². The lowest BCUT2D eigenvalue weighted by atomic mass is 9.99. The maximum absolute atomic E-state index is 6.02. The van der Waals surface area contributed by atoms with E-state index in [4.69, 9.17) is 4.42 Å². The van der Waals surface area contributed by atoms with Gasteiger partial charge in [-0.3, -0.25) is 0 Å². The third-order valence-electron chi connectivity index (χ3n) is 6.21. The zero-order chi connectivity index (χ0) is 19.7. The van der Waals surface area contributed by atoms with E-state index in [1.807, 2.05) is 12.1 Å². The van der Waals surface area contributed by atoms with Crippen molar-refractivity contribution in [2.75, 3.05) is 0 Å². The Hall–Kier alpha value is -4.04. The fraction of sp³-hybridized carbons (Fsp3) is 0. The Morgan fingerprint density at radius 3 is 2.33 bits per heavy atom. The topological polar surface area (TPSA) is 28.9 Å². The van der Waals surface area contributed by atoms with Crippen molar-refractivity contribution in [2.45, 2.75) is 0 Å². The van der Waals surface area contributed by atoms with E-state index in [1.165, 1.54) is 43.7 Å². The van der Waals surface area contributed by atoms with E-state index in [-0.39, 0.29) is 0 Å². The van der Waals surface area contributed by atoms with Gasteiger partial charge in [-0.05, 0) is 40.6 Å². The molecule has 30 heavy (non-hydrogen) atoms. The zero-order valence-corrected chi connectivity index (χ0v) is 16.1. The van der Waals surface area contributed by atoms with Crippen molar-refractivity contribution in [3.63, 3.8) is 0 Å².